The highest BCUT2D eigenvalue weighted by atomic mass is 35.5. The van der Waals surface area contributed by atoms with Crippen LogP contribution in [-0.4, -0.2) is 34.9 Å². The summed E-state index contributed by atoms with van der Waals surface area (Å²) < 4.78 is 65.7. The lowest BCUT2D eigenvalue weighted by atomic mass is 9.77. The van der Waals surface area contributed by atoms with Crippen LogP contribution in [0.25, 0.3) is 22.5 Å². The van der Waals surface area contributed by atoms with Crippen molar-refractivity contribution in [2.45, 2.75) is 44.7 Å². The Morgan fingerprint density at radius 3 is 1.90 bits per heavy atom. The van der Waals surface area contributed by atoms with Crippen molar-refractivity contribution in [2.24, 2.45) is 0 Å². The number of aliphatic hydroxyl groups is 1. The molecule has 7 aromatic rings. The number of nitrogens with zero attached hydrogens (tertiary/aromatic N) is 6. The van der Waals surface area contributed by atoms with Gasteiger partial charge in [0.1, 0.15) is 5.82 Å². The summed E-state index contributed by atoms with van der Waals surface area (Å²) >= 11 is 6.31. The average molecular weight is 673 g/mol. The van der Waals surface area contributed by atoms with Gasteiger partial charge in [-0.2, -0.15) is 0 Å². The smallest absolute Gasteiger partial charge is 0.205 e. The largest absolute Gasteiger partial charge is 0.390 e. The second kappa shape index (κ2) is 14.4. The summed E-state index contributed by atoms with van der Waals surface area (Å²) in [6.45, 7) is -3.99. The van der Waals surface area contributed by atoms with Gasteiger partial charge >= 0.3 is 0 Å². The number of halogens is 1. The average Bonchev–Trinajstić information content (AvgIpc) is 3.83. The second-order valence-corrected chi connectivity index (χ2v) is 11.7. The number of hydrogen-bond donors (Lipinski definition) is 1. The first-order chi connectivity index (χ1) is 27.2. The standard InChI is InChI=1S/C41H37ClN6O/c1-2-3-23-38-43-39(42)37(29-49)47(38)28-30-24-26-31(27-25-30)35-21-13-14-22-36(35)40-44-46-48(45-40)41(32-15-7-4-8-16-32,33-17-9-5-10-18-33)34-19-11-6-12-20-34/h4-22,24-27,49H,2-3,23,28-29H2,1H3/i1D3,2D2,3D2,23D. The van der Waals surface area contributed by atoms with Crippen LogP contribution in [0.2, 0.25) is 5.15 Å². The van der Waals surface area contributed by atoms with Crippen LogP contribution >= 0.6 is 11.6 Å². The van der Waals surface area contributed by atoms with Crippen molar-refractivity contribution in [1.82, 2.24) is 29.8 Å². The Labute approximate surface area is 302 Å². The van der Waals surface area contributed by atoms with Crippen LogP contribution in [-0.2, 0) is 25.1 Å². The number of imidazole rings is 1. The van der Waals surface area contributed by atoms with Crippen LogP contribution in [0.1, 0.15) is 64.3 Å². The molecule has 0 bridgehead atoms. The van der Waals surface area contributed by atoms with Crippen molar-refractivity contribution in [3.05, 3.63) is 178 Å². The molecule has 244 valence electrons. The Balaban J connectivity index is 1.25. The molecule has 1 N–H and O–H groups in total. The molecule has 49 heavy (non-hydrogen) atoms. The van der Waals surface area contributed by atoms with E-state index in [1.54, 1.807) is 4.80 Å². The minimum atomic E-state index is -3.39. The third-order valence-electron chi connectivity index (χ3n) is 8.54. The molecule has 0 saturated carbocycles. The number of benzene rings is 5. The Bertz CT molecular complexity index is 2360. The van der Waals surface area contributed by atoms with E-state index in [1.165, 1.54) is 4.57 Å². The van der Waals surface area contributed by atoms with Gasteiger partial charge in [-0.1, -0.05) is 164 Å². The van der Waals surface area contributed by atoms with E-state index in [1.807, 2.05) is 103 Å². The van der Waals surface area contributed by atoms with E-state index >= 15 is 0 Å². The lowest BCUT2D eigenvalue weighted by molar-refractivity contribution is 0.271. The highest BCUT2D eigenvalue weighted by Crippen LogP contribution is 2.40. The van der Waals surface area contributed by atoms with Gasteiger partial charge in [-0.15, -0.1) is 15.0 Å². The molecule has 0 amide bonds. The van der Waals surface area contributed by atoms with E-state index in [2.05, 4.69) is 46.5 Å². The molecular formula is C41H37ClN6O. The van der Waals surface area contributed by atoms with Gasteiger partial charge in [0.05, 0.1) is 12.3 Å². The fourth-order valence-electron chi connectivity index (χ4n) is 6.26. The Morgan fingerprint density at radius 1 is 0.755 bits per heavy atom. The quantitative estimate of drug-likeness (QED) is 0.132. The van der Waals surface area contributed by atoms with Crippen LogP contribution in [0.3, 0.4) is 0 Å². The number of hydrogen-bond acceptors (Lipinski definition) is 5. The van der Waals surface area contributed by atoms with E-state index in [9.17, 15) is 5.11 Å². The molecule has 2 heterocycles. The minimum Gasteiger partial charge on any atom is -0.390 e. The molecule has 0 aliphatic rings. The van der Waals surface area contributed by atoms with Crippen molar-refractivity contribution in [1.29, 1.82) is 0 Å². The molecule has 1 atom stereocenters. The first kappa shape index (κ1) is 23.9. The van der Waals surface area contributed by atoms with Crippen molar-refractivity contribution < 1.29 is 16.1 Å². The van der Waals surface area contributed by atoms with Gasteiger partial charge in [0.25, 0.3) is 0 Å². The zero-order valence-corrected chi connectivity index (χ0v) is 27.0. The van der Waals surface area contributed by atoms with Gasteiger partial charge < -0.3 is 9.67 Å². The van der Waals surface area contributed by atoms with Crippen molar-refractivity contribution in [3.63, 3.8) is 0 Å². The third kappa shape index (κ3) is 6.19. The highest BCUT2D eigenvalue weighted by Gasteiger charge is 2.41. The number of tetrazole rings is 1. The van der Waals surface area contributed by atoms with Gasteiger partial charge in [0, 0.05) is 29.5 Å². The lowest BCUT2D eigenvalue weighted by Gasteiger charge is -2.34. The van der Waals surface area contributed by atoms with Crippen LogP contribution < -0.4 is 0 Å². The maximum absolute atomic E-state index is 10.2. The summed E-state index contributed by atoms with van der Waals surface area (Å²) in [5.74, 6) is 0.0863. The van der Waals surface area contributed by atoms with Gasteiger partial charge in [-0.05, 0) is 45.0 Å². The van der Waals surface area contributed by atoms with Gasteiger partial charge in [-0.25, -0.2) is 4.98 Å². The molecule has 0 aliphatic carbocycles. The van der Waals surface area contributed by atoms with Crippen LogP contribution in [0.15, 0.2) is 140 Å². The summed E-state index contributed by atoms with van der Waals surface area (Å²) in [5.41, 5.74) is 5.00. The third-order valence-corrected chi connectivity index (χ3v) is 8.84. The predicted molar refractivity (Wildman–Crippen MR) is 194 cm³/mol. The first-order valence-corrected chi connectivity index (χ1v) is 16.0. The lowest BCUT2D eigenvalue weighted by Crippen LogP contribution is -2.39. The fraction of sp³-hybridized carbons (Fsp3) is 0.171. The van der Waals surface area contributed by atoms with Crippen LogP contribution in [0, 0.1) is 0 Å². The number of aromatic nitrogens is 6. The summed E-state index contributed by atoms with van der Waals surface area (Å²) in [7, 11) is 0. The molecule has 0 spiro atoms. The van der Waals surface area contributed by atoms with E-state index < -0.39 is 38.1 Å². The first-order valence-electron chi connectivity index (χ1n) is 19.7. The molecule has 2 aromatic heterocycles. The molecule has 7 rings (SSSR count). The Morgan fingerprint density at radius 2 is 1.33 bits per heavy atom. The Kier molecular flexibility index (Phi) is 7.02. The molecule has 1 unspecified atom stereocenters. The maximum atomic E-state index is 10.2. The van der Waals surface area contributed by atoms with Gasteiger partial charge in [-0.3, -0.25) is 0 Å². The summed E-state index contributed by atoms with van der Waals surface area (Å²) in [6.07, 6.45) is -8.69. The number of rotatable bonds is 12. The molecule has 0 radical (unpaired) electrons. The zero-order valence-electron chi connectivity index (χ0n) is 34.3. The normalized spacial score (nSPS) is 15.5. The molecule has 7 nitrogen and oxygen atoms in total. The van der Waals surface area contributed by atoms with Crippen molar-refractivity contribution in [2.75, 3.05) is 0 Å². The Hall–Kier alpha value is -5.37. The summed E-state index contributed by atoms with van der Waals surface area (Å²) in [6, 6.07) is 45.2. The van der Waals surface area contributed by atoms with Crippen molar-refractivity contribution in [3.8, 4) is 22.5 Å². The summed E-state index contributed by atoms with van der Waals surface area (Å²) in [4.78, 5) is 5.76. The fourth-order valence-corrected chi connectivity index (χ4v) is 6.51. The maximum Gasteiger partial charge on any atom is 0.205 e. The predicted octanol–water partition coefficient (Wildman–Crippen LogP) is 8.58. The van der Waals surface area contributed by atoms with E-state index in [-0.39, 0.29) is 23.2 Å². The molecular weight excluding hydrogens is 628 g/mol. The topological polar surface area (TPSA) is 81.7 Å². The van der Waals surface area contributed by atoms with Gasteiger partial charge in [0.15, 0.2) is 10.7 Å². The van der Waals surface area contributed by atoms with E-state index in [0.717, 1.165) is 33.4 Å². The van der Waals surface area contributed by atoms with E-state index in [4.69, 9.17) is 32.9 Å². The summed E-state index contributed by atoms with van der Waals surface area (Å²) in [5, 5.41) is 24.4. The van der Waals surface area contributed by atoms with Gasteiger partial charge in [0.2, 0.25) is 5.82 Å². The number of aliphatic hydroxyl groups excluding tert-OH is 1. The monoisotopic (exact) mass is 672 g/mol. The number of aryl methyl sites for hydroxylation is 1. The molecule has 0 saturated heterocycles. The molecule has 0 aliphatic heterocycles. The zero-order chi connectivity index (χ0) is 40.6. The molecule has 5 aromatic carbocycles. The van der Waals surface area contributed by atoms with E-state index in [0.29, 0.717) is 11.4 Å². The minimum absolute atomic E-state index is 0.0223. The molecule has 8 heteroatoms. The van der Waals surface area contributed by atoms with Crippen LogP contribution in [0.4, 0.5) is 0 Å². The van der Waals surface area contributed by atoms with Crippen LogP contribution in [0.5, 0.6) is 0 Å². The van der Waals surface area contributed by atoms with Crippen molar-refractivity contribution >= 4 is 11.6 Å². The SMILES string of the molecule is [2H]C(c1nc(Cl)c(CO)n1Cc1ccc(-c2ccccc2-c2nnn(C(c3ccccc3)(c3ccccc3)c3ccccc3)n2)cc1)C([2H])([2H])C([2H])([2H])C([2H])([2H])[2H]. The second-order valence-electron chi connectivity index (χ2n) is 11.3. The highest BCUT2D eigenvalue weighted by molar-refractivity contribution is 6.30. The molecule has 0 fully saturated rings.